The van der Waals surface area contributed by atoms with E-state index in [0.29, 0.717) is 6.54 Å². The van der Waals surface area contributed by atoms with E-state index in [2.05, 4.69) is 4.74 Å². The molecule has 0 aromatic carbocycles. The molecule has 0 saturated heterocycles. The van der Waals surface area contributed by atoms with Gasteiger partial charge in [0.05, 0.1) is 13.0 Å². The number of nitrogens with zero attached hydrogens (tertiary/aromatic N) is 1. The molecule has 0 aromatic rings. The van der Waals surface area contributed by atoms with Gasteiger partial charge in [0.15, 0.2) is 0 Å². The molecule has 1 amide bonds. The molecule has 0 aromatic heterocycles. The summed E-state index contributed by atoms with van der Waals surface area (Å²) in [6.45, 7) is 3.72. The van der Waals surface area contributed by atoms with Gasteiger partial charge in [-0.2, -0.15) is 0 Å². The van der Waals surface area contributed by atoms with Crippen molar-refractivity contribution in [3.8, 4) is 0 Å². The highest BCUT2D eigenvalue weighted by Gasteiger charge is 2.21. The zero-order valence-electron chi connectivity index (χ0n) is 9.94. The molecule has 0 spiro atoms. The minimum Gasteiger partial charge on any atom is -0.469 e. The van der Waals surface area contributed by atoms with Gasteiger partial charge in [0, 0.05) is 20.7 Å². The van der Waals surface area contributed by atoms with Gasteiger partial charge in [0.25, 0.3) is 5.91 Å². The molecule has 0 heterocycles. The zero-order chi connectivity index (χ0) is 12.0. The number of hydrogen-bond acceptors (Lipinski definition) is 4. The molecule has 2 unspecified atom stereocenters. The Bertz CT molecular complexity index is 229. The highest BCUT2D eigenvalue weighted by molar-refractivity contribution is 5.81. The van der Waals surface area contributed by atoms with Crippen LogP contribution in [0.25, 0.3) is 0 Å². The van der Waals surface area contributed by atoms with Crippen LogP contribution in [0.5, 0.6) is 0 Å². The van der Waals surface area contributed by atoms with Gasteiger partial charge >= 0.3 is 5.97 Å². The lowest BCUT2D eigenvalue weighted by atomic mass is 10.1. The fourth-order valence-corrected chi connectivity index (χ4v) is 1.19. The predicted octanol–water partition coefficient (Wildman–Crippen LogP) is 0.289. The highest BCUT2D eigenvalue weighted by atomic mass is 16.5. The summed E-state index contributed by atoms with van der Waals surface area (Å²) in [7, 11) is 4.44. The van der Waals surface area contributed by atoms with E-state index >= 15 is 0 Å². The van der Waals surface area contributed by atoms with Gasteiger partial charge in [-0.05, 0) is 6.92 Å². The summed E-state index contributed by atoms with van der Waals surface area (Å²) in [6.07, 6.45) is -0.486. The smallest absolute Gasteiger partial charge is 0.310 e. The number of likely N-dealkylation sites (N-methyl/N-ethyl adjacent to an activating group) is 1. The molecule has 0 saturated carbocycles. The lowest BCUT2D eigenvalue weighted by Crippen LogP contribution is -2.39. The maximum atomic E-state index is 11.6. The van der Waals surface area contributed by atoms with Crippen LogP contribution in [0.15, 0.2) is 0 Å². The van der Waals surface area contributed by atoms with E-state index in [0.717, 1.165) is 0 Å². The van der Waals surface area contributed by atoms with Crippen LogP contribution in [0.1, 0.15) is 13.8 Å². The molecule has 88 valence electrons. The van der Waals surface area contributed by atoms with Crippen molar-refractivity contribution in [2.45, 2.75) is 20.0 Å². The van der Waals surface area contributed by atoms with Gasteiger partial charge in [-0.15, -0.1) is 0 Å². The number of esters is 1. The quantitative estimate of drug-likeness (QED) is 0.621. The molecule has 0 rings (SSSR count). The molecule has 0 aliphatic rings. The molecule has 0 N–H and O–H groups in total. The summed E-state index contributed by atoms with van der Waals surface area (Å²) in [5, 5.41) is 0. The third-order valence-electron chi connectivity index (χ3n) is 2.23. The molecule has 0 bridgehead atoms. The predicted molar refractivity (Wildman–Crippen MR) is 55.3 cm³/mol. The van der Waals surface area contributed by atoms with E-state index in [1.807, 2.05) is 0 Å². The Labute approximate surface area is 90.3 Å². The first-order valence-corrected chi connectivity index (χ1v) is 4.79. The lowest BCUT2D eigenvalue weighted by Gasteiger charge is -2.22. The second-order valence-electron chi connectivity index (χ2n) is 3.52. The van der Waals surface area contributed by atoms with Gasteiger partial charge in [-0.25, -0.2) is 0 Å². The monoisotopic (exact) mass is 217 g/mol. The van der Waals surface area contributed by atoms with E-state index in [1.54, 1.807) is 20.9 Å². The highest BCUT2D eigenvalue weighted by Crippen LogP contribution is 2.03. The van der Waals surface area contributed by atoms with Gasteiger partial charge in [-0.1, -0.05) is 6.92 Å². The van der Waals surface area contributed by atoms with E-state index in [9.17, 15) is 9.59 Å². The maximum absolute atomic E-state index is 11.6. The molecular weight excluding hydrogens is 198 g/mol. The van der Waals surface area contributed by atoms with Gasteiger partial charge in [0.1, 0.15) is 6.10 Å². The Morgan fingerprint density at radius 2 is 1.80 bits per heavy atom. The minimum atomic E-state index is -0.486. The number of hydrogen-bond donors (Lipinski definition) is 0. The van der Waals surface area contributed by atoms with Gasteiger partial charge < -0.3 is 14.4 Å². The number of ether oxygens (including phenoxy) is 2. The summed E-state index contributed by atoms with van der Waals surface area (Å²) in [5.74, 6) is -0.791. The van der Waals surface area contributed by atoms with E-state index in [-0.39, 0.29) is 17.8 Å². The molecule has 0 aliphatic carbocycles. The second-order valence-corrected chi connectivity index (χ2v) is 3.52. The van der Waals surface area contributed by atoms with Crippen LogP contribution < -0.4 is 0 Å². The molecule has 5 heteroatoms. The van der Waals surface area contributed by atoms with Crippen LogP contribution in [-0.2, 0) is 19.1 Å². The normalized spacial score (nSPS) is 14.2. The number of methoxy groups -OCH3 is 2. The molecule has 5 nitrogen and oxygen atoms in total. The van der Waals surface area contributed by atoms with E-state index in [1.165, 1.54) is 19.1 Å². The summed E-state index contributed by atoms with van der Waals surface area (Å²) in [4.78, 5) is 24.2. The lowest BCUT2D eigenvalue weighted by molar-refractivity contribution is -0.147. The van der Waals surface area contributed by atoms with Crippen LogP contribution in [0.4, 0.5) is 0 Å². The average Bonchev–Trinajstić information content (AvgIpc) is 2.25. The minimum absolute atomic E-state index is 0.145. The van der Waals surface area contributed by atoms with Crippen molar-refractivity contribution in [2.24, 2.45) is 5.92 Å². The first kappa shape index (κ1) is 13.9. The Kier molecular flexibility index (Phi) is 5.93. The Morgan fingerprint density at radius 3 is 2.20 bits per heavy atom. The van der Waals surface area contributed by atoms with Crippen LogP contribution in [0.3, 0.4) is 0 Å². The van der Waals surface area contributed by atoms with Crippen molar-refractivity contribution in [3.05, 3.63) is 0 Å². The van der Waals surface area contributed by atoms with Crippen molar-refractivity contribution in [1.29, 1.82) is 0 Å². The summed E-state index contributed by atoms with van der Waals surface area (Å²) in [5.41, 5.74) is 0. The van der Waals surface area contributed by atoms with Crippen LogP contribution in [0.2, 0.25) is 0 Å². The molecule has 0 radical (unpaired) electrons. The van der Waals surface area contributed by atoms with E-state index in [4.69, 9.17) is 4.74 Å². The Hall–Kier alpha value is -1.10. The Morgan fingerprint density at radius 1 is 1.27 bits per heavy atom. The van der Waals surface area contributed by atoms with Crippen LogP contribution in [0, 0.1) is 5.92 Å². The molecular formula is C10H19NO4. The van der Waals surface area contributed by atoms with Gasteiger partial charge in [-0.3, -0.25) is 9.59 Å². The summed E-state index contributed by atoms with van der Waals surface area (Å²) in [6, 6.07) is 0. The maximum Gasteiger partial charge on any atom is 0.310 e. The standard InChI is InChI=1S/C10H19NO4/c1-7(10(13)15-5)6-11(3)9(12)8(2)14-4/h7-8H,6H2,1-5H3. The average molecular weight is 217 g/mol. The van der Waals surface area contributed by atoms with Gasteiger partial charge in [0.2, 0.25) is 0 Å². The van der Waals surface area contributed by atoms with Crippen molar-refractivity contribution in [2.75, 3.05) is 27.8 Å². The van der Waals surface area contributed by atoms with Crippen LogP contribution >= 0.6 is 0 Å². The zero-order valence-corrected chi connectivity index (χ0v) is 9.94. The van der Waals surface area contributed by atoms with Crippen molar-refractivity contribution in [1.82, 2.24) is 4.90 Å². The SMILES string of the molecule is COC(=O)C(C)CN(C)C(=O)C(C)OC. The molecule has 0 fully saturated rings. The van der Waals surface area contributed by atoms with Crippen molar-refractivity contribution >= 4 is 11.9 Å². The van der Waals surface area contributed by atoms with Crippen molar-refractivity contribution < 1.29 is 19.1 Å². The van der Waals surface area contributed by atoms with E-state index < -0.39 is 6.10 Å². The van der Waals surface area contributed by atoms with Crippen LogP contribution in [-0.4, -0.2) is 50.7 Å². The fraction of sp³-hybridized carbons (Fsp3) is 0.800. The number of carbonyl (C=O) groups is 2. The molecule has 2 atom stereocenters. The number of amides is 1. The third kappa shape index (κ3) is 4.29. The van der Waals surface area contributed by atoms with Crippen molar-refractivity contribution in [3.63, 3.8) is 0 Å². The third-order valence-corrected chi connectivity index (χ3v) is 2.23. The summed E-state index contributed by atoms with van der Waals surface area (Å²) < 4.78 is 9.47. The fourth-order valence-electron chi connectivity index (χ4n) is 1.19. The summed E-state index contributed by atoms with van der Waals surface area (Å²) >= 11 is 0. The Balaban J connectivity index is 4.18. The number of rotatable bonds is 5. The second kappa shape index (κ2) is 6.40. The topological polar surface area (TPSA) is 55.8 Å². The number of carbonyl (C=O) groups excluding carboxylic acids is 2. The molecule has 0 aliphatic heterocycles. The first-order valence-electron chi connectivity index (χ1n) is 4.79. The largest absolute Gasteiger partial charge is 0.469 e. The first-order chi connectivity index (χ1) is 6.93. The molecule has 15 heavy (non-hydrogen) atoms.